The number of hydrogen-bond acceptors (Lipinski definition) is 4. The van der Waals surface area contributed by atoms with Crippen LogP contribution in [0.4, 0.5) is 14.6 Å². The third-order valence-electron chi connectivity index (χ3n) is 5.01. The lowest BCUT2D eigenvalue weighted by Gasteiger charge is -2.20. The molecule has 0 amide bonds. The van der Waals surface area contributed by atoms with Gasteiger partial charge in [0.05, 0.1) is 21.5 Å². The predicted octanol–water partition coefficient (Wildman–Crippen LogP) is 5.25. The van der Waals surface area contributed by atoms with E-state index in [9.17, 15) is 8.78 Å². The highest BCUT2D eigenvalue weighted by Crippen LogP contribution is 2.33. The van der Waals surface area contributed by atoms with Crippen molar-refractivity contribution in [2.75, 3.05) is 18.0 Å². The van der Waals surface area contributed by atoms with Crippen molar-refractivity contribution < 1.29 is 8.78 Å². The largest absolute Gasteiger partial charge is 0.356 e. The number of rotatable bonds is 4. The van der Waals surface area contributed by atoms with Crippen LogP contribution < -0.4 is 4.90 Å². The second-order valence-electron chi connectivity index (χ2n) is 6.90. The second kappa shape index (κ2) is 7.35. The van der Waals surface area contributed by atoms with Crippen molar-refractivity contribution in [2.45, 2.75) is 26.2 Å². The summed E-state index contributed by atoms with van der Waals surface area (Å²) in [6, 6.07) is 3.76. The minimum atomic E-state index is -0.697. The number of anilines is 1. The average Bonchev–Trinajstić information content (AvgIpc) is 3.12. The van der Waals surface area contributed by atoms with E-state index in [2.05, 4.69) is 26.8 Å². The first-order valence-corrected chi connectivity index (χ1v) is 9.46. The molecule has 140 valence electrons. The van der Waals surface area contributed by atoms with Crippen molar-refractivity contribution in [3.63, 3.8) is 0 Å². The lowest BCUT2D eigenvalue weighted by molar-refractivity contribution is 0.529. The van der Waals surface area contributed by atoms with Gasteiger partial charge in [0, 0.05) is 25.5 Å². The monoisotopic (exact) mass is 388 g/mol. The number of fused-ring (bicyclic) bond motifs is 1. The van der Waals surface area contributed by atoms with Gasteiger partial charge in [-0.2, -0.15) is 0 Å². The van der Waals surface area contributed by atoms with Gasteiger partial charge in [-0.25, -0.2) is 18.7 Å². The highest BCUT2D eigenvalue weighted by Gasteiger charge is 2.25. The zero-order valence-electron chi connectivity index (χ0n) is 14.9. The van der Waals surface area contributed by atoms with E-state index in [1.54, 1.807) is 18.5 Å². The highest BCUT2D eigenvalue weighted by atomic mass is 35.5. The van der Waals surface area contributed by atoms with Crippen LogP contribution in [0.3, 0.4) is 0 Å². The number of pyridine rings is 1. The van der Waals surface area contributed by atoms with Crippen molar-refractivity contribution in [1.82, 2.24) is 15.0 Å². The van der Waals surface area contributed by atoms with E-state index in [0.29, 0.717) is 11.4 Å². The third-order valence-corrected chi connectivity index (χ3v) is 5.30. The van der Waals surface area contributed by atoms with Gasteiger partial charge in [0.15, 0.2) is 5.82 Å². The maximum absolute atomic E-state index is 14.4. The van der Waals surface area contributed by atoms with Gasteiger partial charge in [-0.05, 0) is 37.0 Å². The second-order valence-corrected chi connectivity index (χ2v) is 7.31. The molecule has 0 bridgehead atoms. The summed E-state index contributed by atoms with van der Waals surface area (Å²) in [7, 11) is 0. The van der Waals surface area contributed by atoms with Crippen LogP contribution >= 0.6 is 11.6 Å². The van der Waals surface area contributed by atoms with E-state index in [1.807, 2.05) is 0 Å². The minimum Gasteiger partial charge on any atom is -0.356 e. The molecule has 0 spiro atoms. The normalized spacial score (nSPS) is 17.0. The van der Waals surface area contributed by atoms with Gasteiger partial charge in [0.2, 0.25) is 0 Å². The molecule has 1 fully saturated rings. The molecule has 0 saturated carbocycles. The zero-order chi connectivity index (χ0) is 19.0. The van der Waals surface area contributed by atoms with Crippen molar-refractivity contribution in [2.24, 2.45) is 5.92 Å². The van der Waals surface area contributed by atoms with Gasteiger partial charge in [-0.15, -0.1) is 0 Å². The average molecular weight is 389 g/mol. The molecule has 7 heteroatoms. The van der Waals surface area contributed by atoms with Gasteiger partial charge >= 0.3 is 0 Å². The summed E-state index contributed by atoms with van der Waals surface area (Å²) in [4.78, 5) is 15.4. The Balaban J connectivity index is 1.83. The summed E-state index contributed by atoms with van der Waals surface area (Å²) in [6.07, 6.45) is 6.76. The Morgan fingerprint density at radius 2 is 2.07 bits per heavy atom. The fourth-order valence-corrected chi connectivity index (χ4v) is 3.83. The summed E-state index contributed by atoms with van der Waals surface area (Å²) in [5, 5.41) is 0.552. The smallest absolute Gasteiger partial charge is 0.165 e. The van der Waals surface area contributed by atoms with Crippen LogP contribution in [0.15, 0.2) is 30.6 Å². The first-order chi connectivity index (χ1) is 13.1. The Morgan fingerprint density at radius 1 is 1.22 bits per heavy atom. The molecule has 0 radical (unpaired) electrons. The summed E-state index contributed by atoms with van der Waals surface area (Å²) in [5.74, 6) is 0.139. The number of aromatic nitrogens is 3. The fraction of sp³-hybridized carbons (Fsp3) is 0.350. The molecule has 1 aliphatic heterocycles. The molecule has 0 aliphatic carbocycles. The molecule has 1 atom stereocenters. The Bertz CT molecular complexity index is 995. The van der Waals surface area contributed by atoms with E-state index in [0.717, 1.165) is 49.3 Å². The fourth-order valence-electron chi connectivity index (χ4n) is 3.68. The van der Waals surface area contributed by atoms with Crippen LogP contribution in [0.25, 0.3) is 22.3 Å². The SMILES string of the molecule is CCCC1CCN(c2nc(-c3cc(F)c(Cl)cc3F)nc3ccncc23)C1. The first-order valence-electron chi connectivity index (χ1n) is 9.08. The zero-order valence-corrected chi connectivity index (χ0v) is 15.7. The van der Waals surface area contributed by atoms with Crippen LogP contribution in [0, 0.1) is 17.6 Å². The molecule has 4 rings (SSSR count). The van der Waals surface area contributed by atoms with Crippen LogP contribution in [0.1, 0.15) is 26.2 Å². The molecule has 1 unspecified atom stereocenters. The van der Waals surface area contributed by atoms with E-state index < -0.39 is 11.6 Å². The van der Waals surface area contributed by atoms with Crippen molar-refractivity contribution in [3.05, 3.63) is 47.2 Å². The van der Waals surface area contributed by atoms with E-state index in [4.69, 9.17) is 11.6 Å². The molecule has 4 nitrogen and oxygen atoms in total. The van der Waals surface area contributed by atoms with Crippen LogP contribution in [-0.2, 0) is 0 Å². The van der Waals surface area contributed by atoms with Gasteiger partial charge < -0.3 is 4.90 Å². The van der Waals surface area contributed by atoms with Crippen LogP contribution in [0.5, 0.6) is 0 Å². The van der Waals surface area contributed by atoms with Gasteiger partial charge in [0.1, 0.15) is 17.5 Å². The molecule has 0 N–H and O–H groups in total. The third kappa shape index (κ3) is 3.46. The molecular formula is C20H19ClF2N4. The maximum atomic E-state index is 14.4. The molecule has 1 saturated heterocycles. The molecule has 1 aromatic carbocycles. The topological polar surface area (TPSA) is 41.9 Å². The summed E-state index contributed by atoms with van der Waals surface area (Å²) < 4.78 is 28.4. The minimum absolute atomic E-state index is 0.00108. The summed E-state index contributed by atoms with van der Waals surface area (Å²) >= 11 is 5.68. The summed E-state index contributed by atoms with van der Waals surface area (Å²) in [5.41, 5.74) is 0.653. The van der Waals surface area contributed by atoms with Gasteiger partial charge in [-0.1, -0.05) is 24.9 Å². The van der Waals surface area contributed by atoms with E-state index in [-0.39, 0.29) is 16.4 Å². The quantitative estimate of drug-likeness (QED) is 0.572. The van der Waals surface area contributed by atoms with Crippen molar-refractivity contribution in [3.8, 4) is 11.4 Å². The Morgan fingerprint density at radius 3 is 2.89 bits per heavy atom. The highest BCUT2D eigenvalue weighted by molar-refractivity contribution is 6.30. The lowest BCUT2D eigenvalue weighted by Crippen LogP contribution is -2.21. The number of benzene rings is 1. The first kappa shape index (κ1) is 18.0. The Hall–Kier alpha value is -2.34. The number of nitrogens with zero attached hydrogens (tertiary/aromatic N) is 4. The number of halogens is 3. The van der Waals surface area contributed by atoms with Crippen molar-refractivity contribution >= 4 is 28.3 Å². The molecule has 3 heterocycles. The molecule has 27 heavy (non-hydrogen) atoms. The maximum Gasteiger partial charge on any atom is 0.165 e. The molecule has 2 aromatic heterocycles. The van der Waals surface area contributed by atoms with Gasteiger partial charge in [-0.3, -0.25) is 4.98 Å². The predicted molar refractivity (Wildman–Crippen MR) is 103 cm³/mol. The Labute approximate surface area is 161 Å². The van der Waals surface area contributed by atoms with Crippen LogP contribution in [-0.4, -0.2) is 28.0 Å². The standard InChI is InChI=1S/C20H19ClF2N4/c1-2-3-12-5-7-27(11-12)20-14-10-24-6-4-18(14)25-19(26-20)13-8-17(23)15(21)9-16(13)22/h4,6,8-10,12H,2-3,5,7,11H2,1H3. The molecular weight excluding hydrogens is 370 g/mol. The van der Waals surface area contributed by atoms with Crippen molar-refractivity contribution in [1.29, 1.82) is 0 Å². The van der Waals surface area contributed by atoms with Crippen LogP contribution in [0.2, 0.25) is 5.02 Å². The molecule has 3 aromatic rings. The lowest BCUT2D eigenvalue weighted by atomic mass is 10.0. The Kier molecular flexibility index (Phi) is 4.91. The number of hydrogen-bond donors (Lipinski definition) is 0. The van der Waals surface area contributed by atoms with E-state index >= 15 is 0 Å². The molecule has 1 aliphatic rings. The summed E-state index contributed by atoms with van der Waals surface area (Å²) in [6.45, 7) is 3.96. The van der Waals surface area contributed by atoms with E-state index in [1.165, 1.54) is 6.42 Å². The van der Waals surface area contributed by atoms with Gasteiger partial charge in [0.25, 0.3) is 0 Å².